The predicted molar refractivity (Wildman–Crippen MR) is 79.2 cm³/mol. The second-order valence-corrected chi connectivity index (χ2v) is 9.58. The van der Waals surface area contributed by atoms with Crippen LogP contribution in [0.2, 0.25) is 18.1 Å². The number of rotatable bonds is 10. The molecule has 94 valence electrons. The van der Waals surface area contributed by atoms with Gasteiger partial charge in [0.15, 0.2) is 0 Å². The van der Waals surface area contributed by atoms with Gasteiger partial charge in [0.1, 0.15) is 0 Å². The Bertz CT molecular complexity index is 195. The van der Waals surface area contributed by atoms with Gasteiger partial charge in [-0.05, 0) is 18.7 Å². The largest absolute Gasteiger partial charge is 0.298 e. The Hall–Kier alpha value is -0.373. The van der Waals surface area contributed by atoms with E-state index in [0.29, 0.717) is 0 Å². The molecular formula is C14H29NSi. The maximum Gasteiger partial charge on any atom is 0.0817 e. The molecular weight excluding hydrogens is 210 g/mol. The van der Waals surface area contributed by atoms with Gasteiger partial charge in [-0.15, -0.1) is 12.3 Å². The minimum Gasteiger partial charge on any atom is -0.298 e. The standard InChI is InChI=1S/C14H29NSi/c1-5-9-10-11-12-15-13-14-16(6-2,7-3)8-4/h6,13H,2,5,7-12,14H2,1,3-4H3. The van der Waals surface area contributed by atoms with Crippen LogP contribution in [-0.2, 0) is 0 Å². The van der Waals surface area contributed by atoms with E-state index in [9.17, 15) is 0 Å². The molecule has 0 aromatic heterocycles. The van der Waals surface area contributed by atoms with Gasteiger partial charge in [0.05, 0.1) is 8.07 Å². The van der Waals surface area contributed by atoms with Crippen molar-refractivity contribution in [3.63, 3.8) is 0 Å². The van der Waals surface area contributed by atoms with Crippen LogP contribution in [0.15, 0.2) is 17.3 Å². The molecule has 0 radical (unpaired) electrons. The van der Waals surface area contributed by atoms with Crippen molar-refractivity contribution >= 4 is 14.3 Å². The van der Waals surface area contributed by atoms with E-state index in [1.165, 1.54) is 43.8 Å². The summed E-state index contributed by atoms with van der Waals surface area (Å²) in [4.78, 5) is 4.53. The van der Waals surface area contributed by atoms with Gasteiger partial charge in [-0.25, -0.2) is 0 Å². The maximum atomic E-state index is 4.53. The van der Waals surface area contributed by atoms with Crippen LogP contribution in [-0.4, -0.2) is 20.8 Å². The number of hydrogen-bond acceptors (Lipinski definition) is 1. The fraction of sp³-hybridized carbons (Fsp3) is 0.786. The highest BCUT2D eigenvalue weighted by Gasteiger charge is 2.23. The van der Waals surface area contributed by atoms with Crippen molar-refractivity contribution in [1.29, 1.82) is 0 Å². The van der Waals surface area contributed by atoms with E-state index in [2.05, 4.69) is 44.3 Å². The van der Waals surface area contributed by atoms with Gasteiger partial charge >= 0.3 is 0 Å². The zero-order chi connectivity index (χ0) is 12.3. The lowest BCUT2D eigenvalue weighted by Crippen LogP contribution is -2.29. The zero-order valence-electron chi connectivity index (χ0n) is 11.5. The highest BCUT2D eigenvalue weighted by molar-refractivity contribution is 6.86. The van der Waals surface area contributed by atoms with E-state index in [1.807, 2.05) is 0 Å². The molecule has 0 bridgehead atoms. The first kappa shape index (κ1) is 15.6. The molecule has 0 saturated heterocycles. The number of hydrogen-bond donors (Lipinski definition) is 0. The molecule has 0 spiro atoms. The predicted octanol–water partition coefficient (Wildman–Crippen LogP) is 4.85. The van der Waals surface area contributed by atoms with Crippen LogP contribution >= 0.6 is 0 Å². The van der Waals surface area contributed by atoms with Crippen LogP contribution in [0.5, 0.6) is 0 Å². The van der Waals surface area contributed by atoms with Crippen molar-refractivity contribution in [2.75, 3.05) is 6.54 Å². The summed E-state index contributed by atoms with van der Waals surface area (Å²) in [6.07, 6.45) is 7.42. The third-order valence-corrected chi connectivity index (χ3v) is 8.29. The van der Waals surface area contributed by atoms with Crippen LogP contribution < -0.4 is 0 Å². The Kier molecular flexibility index (Phi) is 9.60. The molecule has 1 nitrogen and oxygen atoms in total. The summed E-state index contributed by atoms with van der Waals surface area (Å²) < 4.78 is 0. The van der Waals surface area contributed by atoms with E-state index >= 15 is 0 Å². The molecule has 0 fully saturated rings. The van der Waals surface area contributed by atoms with Crippen LogP contribution in [0.3, 0.4) is 0 Å². The molecule has 0 aromatic carbocycles. The van der Waals surface area contributed by atoms with Gasteiger partial charge < -0.3 is 0 Å². The first-order chi connectivity index (χ1) is 7.74. The van der Waals surface area contributed by atoms with Gasteiger partial charge in [-0.2, -0.15) is 0 Å². The Balaban J connectivity index is 3.75. The van der Waals surface area contributed by atoms with Gasteiger partial charge in [-0.3, -0.25) is 4.99 Å². The smallest absolute Gasteiger partial charge is 0.0817 e. The summed E-state index contributed by atoms with van der Waals surface area (Å²) in [6.45, 7) is 11.9. The van der Waals surface area contributed by atoms with E-state index in [1.54, 1.807) is 0 Å². The normalized spacial score (nSPS) is 12.2. The third kappa shape index (κ3) is 6.26. The molecule has 16 heavy (non-hydrogen) atoms. The highest BCUT2D eigenvalue weighted by Crippen LogP contribution is 2.20. The summed E-state index contributed by atoms with van der Waals surface area (Å²) in [7, 11) is -1.18. The number of nitrogens with zero attached hydrogens (tertiary/aromatic N) is 1. The van der Waals surface area contributed by atoms with E-state index in [0.717, 1.165) is 6.54 Å². The second-order valence-electron chi connectivity index (χ2n) is 4.63. The summed E-state index contributed by atoms with van der Waals surface area (Å²) >= 11 is 0. The first-order valence-corrected chi connectivity index (χ1v) is 9.56. The first-order valence-electron chi connectivity index (χ1n) is 6.86. The van der Waals surface area contributed by atoms with Crippen LogP contribution in [0.4, 0.5) is 0 Å². The molecule has 0 atom stereocenters. The molecule has 0 aliphatic rings. The molecule has 0 rings (SSSR count). The molecule has 2 heteroatoms. The fourth-order valence-electron chi connectivity index (χ4n) is 1.88. The average Bonchev–Trinajstić information content (AvgIpc) is 2.34. The fourth-order valence-corrected chi connectivity index (χ4v) is 4.19. The zero-order valence-corrected chi connectivity index (χ0v) is 12.5. The Labute approximate surface area is 103 Å². The summed E-state index contributed by atoms with van der Waals surface area (Å²) in [5.74, 6) is 0. The van der Waals surface area contributed by atoms with E-state index < -0.39 is 8.07 Å². The van der Waals surface area contributed by atoms with Crippen LogP contribution in [0.1, 0.15) is 46.5 Å². The van der Waals surface area contributed by atoms with Crippen molar-refractivity contribution in [3.8, 4) is 0 Å². The van der Waals surface area contributed by atoms with Crippen molar-refractivity contribution in [1.82, 2.24) is 0 Å². The lowest BCUT2D eigenvalue weighted by molar-refractivity contribution is 0.676. The molecule has 0 aliphatic carbocycles. The van der Waals surface area contributed by atoms with Gasteiger partial charge in [0.25, 0.3) is 0 Å². The topological polar surface area (TPSA) is 12.4 Å². The summed E-state index contributed by atoms with van der Waals surface area (Å²) in [5, 5.41) is 0. The van der Waals surface area contributed by atoms with Gasteiger partial charge in [0.2, 0.25) is 0 Å². The lowest BCUT2D eigenvalue weighted by Gasteiger charge is -2.22. The Morgan fingerprint density at radius 1 is 1.06 bits per heavy atom. The lowest BCUT2D eigenvalue weighted by atomic mass is 10.2. The Morgan fingerprint density at radius 2 is 1.75 bits per heavy atom. The molecule has 0 aromatic rings. The van der Waals surface area contributed by atoms with E-state index in [-0.39, 0.29) is 0 Å². The van der Waals surface area contributed by atoms with Crippen LogP contribution in [0.25, 0.3) is 0 Å². The molecule has 0 N–H and O–H groups in total. The minimum atomic E-state index is -1.18. The quantitative estimate of drug-likeness (QED) is 0.293. The number of unbranched alkanes of at least 4 members (excludes halogenated alkanes) is 3. The molecule has 0 aliphatic heterocycles. The second kappa shape index (κ2) is 9.82. The SMILES string of the molecule is C=C[Si](CC)(CC)CC=NCCCCCC. The highest BCUT2D eigenvalue weighted by atomic mass is 28.3. The van der Waals surface area contributed by atoms with Crippen molar-refractivity contribution < 1.29 is 0 Å². The third-order valence-electron chi connectivity index (χ3n) is 3.61. The number of aliphatic imine (C=N–C) groups is 1. The van der Waals surface area contributed by atoms with Crippen molar-refractivity contribution in [2.45, 2.75) is 64.6 Å². The molecule has 0 saturated carbocycles. The van der Waals surface area contributed by atoms with Gasteiger partial charge in [-0.1, -0.05) is 52.1 Å². The molecule has 0 amide bonds. The maximum absolute atomic E-state index is 4.53. The monoisotopic (exact) mass is 239 g/mol. The van der Waals surface area contributed by atoms with E-state index in [4.69, 9.17) is 0 Å². The van der Waals surface area contributed by atoms with Crippen molar-refractivity contribution in [3.05, 3.63) is 12.3 Å². The Morgan fingerprint density at radius 3 is 2.25 bits per heavy atom. The summed E-state index contributed by atoms with van der Waals surface area (Å²) in [5.41, 5.74) is 2.25. The summed E-state index contributed by atoms with van der Waals surface area (Å²) in [6, 6.07) is 3.79. The van der Waals surface area contributed by atoms with Crippen molar-refractivity contribution in [2.24, 2.45) is 4.99 Å². The van der Waals surface area contributed by atoms with Gasteiger partial charge in [0, 0.05) is 6.54 Å². The minimum absolute atomic E-state index is 1.02. The molecule has 0 heterocycles. The van der Waals surface area contributed by atoms with Crippen LogP contribution in [0, 0.1) is 0 Å². The molecule has 0 unspecified atom stereocenters. The average molecular weight is 239 g/mol.